The normalized spacial score (nSPS) is 11.3. The maximum Gasteiger partial charge on any atom is 0.416 e. The van der Waals surface area contributed by atoms with E-state index in [2.05, 4.69) is 0 Å². The number of nitrogens with zero attached hydrogens (tertiary/aromatic N) is 1. The molecule has 0 saturated carbocycles. The lowest BCUT2D eigenvalue weighted by molar-refractivity contribution is -0.384. The number of hydrogen-bond acceptors (Lipinski definition) is 4. The lowest BCUT2D eigenvalue weighted by Gasteiger charge is -2.12. The Morgan fingerprint density at radius 2 is 2.00 bits per heavy atom. The van der Waals surface area contributed by atoms with Crippen LogP contribution in [0.3, 0.4) is 0 Å². The van der Waals surface area contributed by atoms with Crippen LogP contribution in [0.1, 0.15) is 11.1 Å². The first-order chi connectivity index (χ1) is 8.12. The lowest BCUT2D eigenvalue weighted by Crippen LogP contribution is -2.14. The molecule has 0 aliphatic heterocycles. The molecule has 6 nitrogen and oxygen atoms in total. The Hall–Kier alpha value is -2.32. The minimum atomic E-state index is -4.89. The number of alkyl halides is 3. The number of carboxylic acids is 1. The summed E-state index contributed by atoms with van der Waals surface area (Å²) in [5.41, 5.74) is 1.81. The smallest absolute Gasteiger partial charge is 0.416 e. The molecule has 98 valence electrons. The number of carbonyl (C=O) groups is 1. The van der Waals surface area contributed by atoms with E-state index in [1.165, 1.54) is 0 Å². The molecule has 0 bridgehead atoms. The fraction of sp³-hybridized carbons (Fsp3) is 0.222. The molecule has 1 rings (SSSR count). The van der Waals surface area contributed by atoms with E-state index in [1.807, 2.05) is 0 Å². The molecular weight excluding hydrogens is 257 g/mol. The number of hydrogen-bond donors (Lipinski definition) is 2. The number of anilines is 1. The number of benzene rings is 1. The average molecular weight is 264 g/mol. The van der Waals surface area contributed by atoms with Gasteiger partial charge in [-0.15, -0.1) is 0 Å². The molecule has 0 unspecified atom stereocenters. The largest absolute Gasteiger partial charge is 0.481 e. The number of nitrogens with two attached hydrogens (primary N) is 1. The summed E-state index contributed by atoms with van der Waals surface area (Å²) in [7, 11) is 0. The second-order valence-corrected chi connectivity index (χ2v) is 3.39. The van der Waals surface area contributed by atoms with E-state index < -0.39 is 46.0 Å². The highest BCUT2D eigenvalue weighted by Gasteiger charge is 2.36. The van der Waals surface area contributed by atoms with E-state index in [9.17, 15) is 28.1 Å². The van der Waals surface area contributed by atoms with Crippen LogP contribution < -0.4 is 5.73 Å². The van der Waals surface area contributed by atoms with Gasteiger partial charge in [0.15, 0.2) is 0 Å². The van der Waals surface area contributed by atoms with Gasteiger partial charge in [-0.3, -0.25) is 14.9 Å². The van der Waals surface area contributed by atoms with Crippen LogP contribution in [-0.2, 0) is 17.4 Å². The molecule has 0 spiro atoms. The van der Waals surface area contributed by atoms with E-state index >= 15 is 0 Å². The molecule has 0 aromatic heterocycles. The van der Waals surface area contributed by atoms with Gasteiger partial charge in [-0.2, -0.15) is 13.2 Å². The van der Waals surface area contributed by atoms with Crippen molar-refractivity contribution < 1.29 is 28.0 Å². The molecule has 0 aliphatic carbocycles. The van der Waals surface area contributed by atoms with Crippen LogP contribution in [0.25, 0.3) is 0 Å². The van der Waals surface area contributed by atoms with E-state index in [0.717, 1.165) is 0 Å². The monoisotopic (exact) mass is 264 g/mol. The fourth-order valence-electron chi connectivity index (χ4n) is 1.38. The first kappa shape index (κ1) is 13.7. The van der Waals surface area contributed by atoms with Crippen molar-refractivity contribution >= 4 is 17.3 Å². The third-order valence-corrected chi connectivity index (χ3v) is 2.10. The Labute approximate surface area is 98.0 Å². The molecule has 0 fully saturated rings. The molecule has 0 heterocycles. The third-order valence-electron chi connectivity index (χ3n) is 2.10. The molecule has 3 N–H and O–H groups in total. The van der Waals surface area contributed by atoms with Crippen molar-refractivity contribution in [1.82, 2.24) is 0 Å². The van der Waals surface area contributed by atoms with Crippen LogP contribution in [-0.4, -0.2) is 16.0 Å². The summed E-state index contributed by atoms with van der Waals surface area (Å²) in [5, 5.41) is 19.0. The van der Waals surface area contributed by atoms with Gasteiger partial charge in [-0.1, -0.05) is 0 Å². The number of nitrogen functional groups attached to an aromatic ring is 1. The van der Waals surface area contributed by atoms with Gasteiger partial charge in [0.25, 0.3) is 5.69 Å². The van der Waals surface area contributed by atoms with Gasteiger partial charge >= 0.3 is 12.1 Å². The van der Waals surface area contributed by atoms with Gasteiger partial charge in [-0.25, -0.2) is 0 Å². The van der Waals surface area contributed by atoms with Crippen molar-refractivity contribution in [3.8, 4) is 0 Å². The van der Waals surface area contributed by atoms with Crippen LogP contribution in [0.5, 0.6) is 0 Å². The minimum Gasteiger partial charge on any atom is -0.481 e. The Morgan fingerprint density at radius 3 is 2.39 bits per heavy atom. The van der Waals surface area contributed by atoms with Crippen molar-refractivity contribution in [2.75, 3.05) is 5.73 Å². The standard InChI is InChI=1S/C9H7F3N2O4/c10-9(11,12)5-3-7(14(17)18)6(13)1-4(5)2-8(15)16/h1,3H,2,13H2,(H,15,16). The summed E-state index contributed by atoms with van der Waals surface area (Å²) >= 11 is 0. The highest BCUT2D eigenvalue weighted by molar-refractivity contribution is 5.73. The van der Waals surface area contributed by atoms with Gasteiger partial charge in [0.1, 0.15) is 5.69 Å². The van der Waals surface area contributed by atoms with Crippen LogP contribution in [0.15, 0.2) is 12.1 Å². The van der Waals surface area contributed by atoms with Crippen molar-refractivity contribution in [3.05, 3.63) is 33.4 Å². The van der Waals surface area contributed by atoms with Gasteiger partial charge < -0.3 is 10.8 Å². The first-order valence-corrected chi connectivity index (χ1v) is 4.48. The predicted octanol–water partition coefficient (Wildman–Crippen LogP) is 1.82. The molecule has 0 aliphatic rings. The zero-order valence-electron chi connectivity index (χ0n) is 8.69. The first-order valence-electron chi connectivity index (χ1n) is 4.48. The molecule has 0 atom stereocenters. The maximum atomic E-state index is 12.6. The number of aliphatic carboxylic acids is 1. The number of carboxylic acid groups (broad SMARTS) is 1. The molecule has 1 aromatic carbocycles. The molecule has 0 saturated heterocycles. The van der Waals surface area contributed by atoms with E-state index in [4.69, 9.17) is 10.8 Å². The SMILES string of the molecule is Nc1cc(CC(=O)O)c(C(F)(F)F)cc1[N+](=O)[O-]. The van der Waals surface area contributed by atoms with E-state index in [1.54, 1.807) is 0 Å². The zero-order chi connectivity index (χ0) is 14.1. The Balaban J connectivity index is 3.47. The Morgan fingerprint density at radius 1 is 1.44 bits per heavy atom. The average Bonchev–Trinajstić information content (AvgIpc) is 2.13. The number of nitro benzene ring substituents is 1. The molecule has 1 aromatic rings. The van der Waals surface area contributed by atoms with Crippen molar-refractivity contribution in [3.63, 3.8) is 0 Å². The fourth-order valence-corrected chi connectivity index (χ4v) is 1.38. The second kappa shape index (κ2) is 4.51. The quantitative estimate of drug-likeness (QED) is 0.492. The predicted molar refractivity (Wildman–Crippen MR) is 53.9 cm³/mol. The highest BCUT2D eigenvalue weighted by atomic mass is 19.4. The number of nitro groups is 1. The maximum absolute atomic E-state index is 12.6. The number of halogens is 3. The van der Waals surface area contributed by atoms with Gasteiger partial charge in [0, 0.05) is 6.07 Å². The van der Waals surface area contributed by atoms with Gasteiger partial charge in [0.05, 0.1) is 16.9 Å². The minimum absolute atomic E-state index is 0.244. The van der Waals surface area contributed by atoms with Crippen LogP contribution in [0.2, 0.25) is 0 Å². The van der Waals surface area contributed by atoms with Crippen LogP contribution >= 0.6 is 0 Å². The summed E-state index contributed by atoms with van der Waals surface area (Å²) in [5.74, 6) is -1.49. The molecule has 0 radical (unpaired) electrons. The van der Waals surface area contributed by atoms with Crippen molar-refractivity contribution in [1.29, 1.82) is 0 Å². The highest BCUT2D eigenvalue weighted by Crippen LogP contribution is 2.37. The summed E-state index contributed by atoms with van der Waals surface area (Å²) in [6.45, 7) is 0. The Kier molecular flexibility index (Phi) is 3.44. The second-order valence-electron chi connectivity index (χ2n) is 3.39. The third kappa shape index (κ3) is 2.87. The zero-order valence-corrected chi connectivity index (χ0v) is 8.69. The number of rotatable bonds is 3. The summed E-state index contributed by atoms with van der Waals surface area (Å²) < 4.78 is 37.9. The van der Waals surface area contributed by atoms with E-state index in [0.29, 0.717) is 6.07 Å². The summed E-state index contributed by atoms with van der Waals surface area (Å²) in [6.07, 6.45) is -5.81. The summed E-state index contributed by atoms with van der Waals surface area (Å²) in [4.78, 5) is 19.9. The van der Waals surface area contributed by atoms with Crippen LogP contribution in [0.4, 0.5) is 24.5 Å². The van der Waals surface area contributed by atoms with E-state index in [-0.39, 0.29) is 6.07 Å². The molecule has 0 amide bonds. The lowest BCUT2D eigenvalue weighted by atomic mass is 10.0. The Bertz CT molecular complexity index is 513. The van der Waals surface area contributed by atoms with Gasteiger partial charge in [-0.05, 0) is 11.6 Å². The van der Waals surface area contributed by atoms with Gasteiger partial charge in [0.2, 0.25) is 0 Å². The topological polar surface area (TPSA) is 106 Å². The van der Waals surface area contributed by atoms with Crippen molar-refractivity contribution in [2.45, 2.75) is 12.6 Å². The van der Waals surface area contributed by atoms with Crippen LogP contribution in [0, 0.1) is 10.1 Å². The van der Waals surface area contributed by atoms with Crippen molar-refractivity contribution in [2.24, 2.45) is 0 Å². The molecule has 9 heteroatoms. The molecule has 18 heavy (non-hydrogen) atoms. The summed E-state index contributed by atoms with van der Waals surface area (Å²) in [6, 6.07) is 0.905. The molecular formula is C9H7F3N2O4.